The molecule has 2 N–H and O–H groups in total. The zero-order valence-electron chi connectivity index (χ0n) is 15.3. The van der Waals surface area contributed by atoms with E-state index in [1.807, 2.05) is 30.3 Å². The molecule has 3 aromatic rings. The molecule has 0 aliphatic heterocycles. The number of carbonyl (C=O) groups is 2. The molecular formula is C20H20N4O4. The first-order valence-corrected chi connectivity index (χ1v) is 8.75. The minimum absolute atomic E-state index is 0.0321. The predicted octanol–water partition coefficient (Wildman–Crippen LogP) is 2.58. The van der Waals surface area contributed by atoms with Crippen LogP contribution in [-0.4, -0.2) is 28.5 Å². The summed E-state index contributed by atoms with van der Waals surface area (Å²) in [6.07, 6.45) is 0.710. The third-order valence-electron chi connectivity index (χ3n) is 3.73. The Morgan fingerprint density at radius 3 is 2.71 bits per heavy atom. The lowest BCUT2D eigenvalue weighted by atomic mass is 10.1. The molecule has 8 nitrogen and oxygen atoms in total. The Hall–Kier alpha value is -3.68. The van der Waals surface area contributed by atoms with Gasteiger partial charge in [-0.3, -0.25) is 9.59 Å². The van der Waals surface area contributed by atoms with Crippen LogP contribution in [0.3, 0.4) is 0 Å². The van der Waals surface area contributed by atoms with E-state index < -0.39 is 5.91 Å². The molecule has 0 radical (unpaired) electrons. The van der Waals surface area contributed by atoms with Gasteiger partial charge < -0.3 is 19.9 Å². The molecule has 144 valence electrons. The highest BCUT2D eigenvalue weighted by Gasteiger charge is 2.15. The van der Waals surface area contributed by atoms with Crippen molar-refractivity contribution in [2.24, 2.45) is 0 Å². The van der Waals surface area contributed by atoms with Gasteiger partial charge in [0.05, 0.1) is 0 Å². The summed E-state index contributed by atoms with van der Waals surface area (Å²) >= 11 is 0. The number of benzene rings is 2. The van der Waals surface area contributed by atoms with E-state index in [0.717, 1.165) is 5.56 Å². The van der Waals surface area contributed by atoms with Crippen molar-refractivity contribution in [3.05, 3.63) is 71.9 Å². The number of nitrogens with zero attached hydrogens (tertiary/aromatic N) is 2. The summed E-state index contributed by atoms with van der Waals surface area (Å²) in [4.78, 5) is 27.2. The molecule has 0 spiro atoms. The molecule has 0 saturated heterocycles. The topological polar surface area (TPSA) is 106 Å². The van der Waals surface area contributed by atoms with Crippen LogP contribution in [0.25, 0.3) is 0 Å². The third kappa shape index (κ3) is 5.66. The fraction of sp³-hybridized carbons (Fsp3) is 0.200. The molecule has 1 heterocycles. The largest absolute Gasteiger partial charge is 0.485 e. The quantitative estimate of drug-likeness (QED) is 0.622. The van der Waals surface area contributed by atoms with Gasteiger partial charge in [-0.2, -0.15) is 4.98 Å². The van der Waals surface area contributed by atoms with Gasteiger partial charge in [0.25, 0.3) is 0 Å². The molecule has 1 aromatic heterocycles. The zero-order chi connectivity index (χ0) is 19.8. The first-order chi connectivity index (χ1) is 13.6. The van der Waals surface area contributed by atoms with E-state index in [0.29, 0.717) is 24.4 Å². The number of rotatable bonds is 8. The Balaban J connectivity index is 1.48. The lowest BCUT2D eigenvalue weighted by Gasteiger charge is -2.06. The highest BCUT2D eigenvalue weighted by atomic mass is 16.5. The van der Waals surface area contributed by atoms with Gasteiger partial charge in [-0.15, -0.1) is 0 Å². The number of hydrogen-bond donors (Lipinski definition) is 2. The second-order valence-electron chi connectivity index (χ2n) is 6.00. The molecule has 0 bridgehead atoms. The second-order valence-corrected chi connectivity index (χ2v) is 6.00. The summed E-state index contributed by atoms with van der Waals surface area (Å²) in [5.74, 6) is 0.0716. The van der Waals surface area contributed by atoms with Gasteiger partial charge in [0, 0.05) is 25.2 Å². The molecular weight excluding hydrogens is 360 g/mol. The highest BCUT2D eigenvalue weighted by Crippen LogP contribution is 2.18. The molecule has 8 heteroatoms. The van der Waals surface area contributed by atoms with E-state index in [-0.39, 0.29) is 24.2 Å². The van der Waals surface area contributed by atoms with Crippen LogP contribution in [0.4, 0.5) is 5.69 Å². The number of carbonyl (C=O) groups excluding carboxylic acids is 2. The zero-order valence-corrected chi connectivity index (χ0v) is 15.3. The summed E-state index contributed by atoms with van der Waals surface area (Å²) in [5, 5.41) is 9.16. The standard InChI is InChI=1S/C20H20N4O4/c1-14(25)22-16-8-5-9-17(12-16)27-13-18-23-20(28-24-18)19(26)21-11-10-15-6-3-2-4-7-15/h2-9,12H,10-11,13H2,1H3,(H,21,26)(H,22,25). The van der Waals surface area contributed by atoms with Crippen LogP contribution in [0.1, 0.15) is 29.0 Å². The van der Waals surface area contributed by atoms with Crippen LogP contribution in [0.5, 0.6) is 5.75 Å². The molecule has 0 unspecified atom stereocenters. The number of aromatic nitrogens is 2. The van der Waals surface area contributed by atoms with Crippen LogP contribution < -0.4 is 15.4 Å². The number of hydrogen-bond acceptors (Lipinski definition) is 6. The number of ether oxygens (including phenoxy) is 1. The Morgan fingerprint density at radius 1 is 1.11 bits per heavy atom. The smallest absolute Gasteiger partial charge is 0.316 e. The fourth-order valence-corrected chi connectivity index (χ4v) is 2.46. The van der Waals surface area contributed by atoms with Crippen molar-refractivity contribution in [1.29, 1.82) is 0 Å². The van der Waals surface area contributed by atoms with E-state index >= 15 is 0 Å². The first-order valence-electron chi connectivity index (χ1n) is 8.75. The van der Waals surface area contributed by atoms with Gasteiger partial charge in [-0.05, 0) is 24.1 Å². The summed E-state index contributed by atoms with van der Waals surface area (Å²) < 4.78 is 10.6. The van der Waals surface area contributed by atoms with E-state index in [1.165, 1.54) is 6.92 Å². The second kappa shape index (κ2) is 9.31. The molecule has 0 atom stereocenters. The monoisotopic (exact) mass is 380 g/mol. The normalized spacial score (nSPS) is 10.3. The van der Waals surface area contributed by atoms with Gasteiger partial charge in [0.2, 0.25) is 11.7 Å². The van der Waals surface area contributed by atoms with Gasteiger partial charge >= 0.3 is 11.8 Å². The average molecular weight is 380 g/mol. The van der Waals surface area contributed by atoms with Crippen LogP contribution in [0.2, 0.25) is 0 Å². The van der Waals surface area contributed by atoms with E-state index in [1.54, 1.807) is 24.3 Å². The molecule has 2 amide bonds. The predicted molar refractivity (Wildman–Crippen MR) is 102 cm³/mol. The van der Waals surface area contributed by atoms with E-state index in [2.05, 4.69) is 20.8 Å². The first kappa shape index (κ1) is 19.1. The lowest BCUT2D eigenvalue weighted by molar-refractivity contribution is -0.114. The van der Waals surface area contributed by atoms with Crippen LogP contribution in [0, 0.1) is 0 Å². The van der Waals surface area contributed by atoms with Crippen molar-refractivity contribution in [2.75, 3.05) is 11.9 Å². The minimum atomic E-state index is -0.428. The SMILES string of the molecule is CC(=O)Nc1cccc(OCc2noc(C(=O)NCCc3ccccc3)n2)c1. The van der Waals surface area contributed by atoms with Crippen molar-refractivity contribution in [3.63, 3.8) is 0 Å². The van der Waals surface area contributed by atoms with E-state index in [9.17, 15) is 9.59 Å². The molecule has 2 aromatic carbocycles. The molecule has 0 aliphatic carbocycles. The Kier molecular flexibility index (Phi) is 6.35. The van der Waals surface area contributed by atoms with Crippen molar-refractivity contribution >= 4 is 17.5 Å². The Morgan fingerprint density at radius 2 is 1.93 bits per heavy atom. The molecule has 0 saturated carbocycles. The van der Waals surface area contributed by atoms with Crippen LogP contribution in [-0.2, 0) is 17.8 Å². The average Bonchev–Trinajstić information content (AvgIpc) is 3.16. The van der Waals surface area contributed by atoms with E-state index in [4.69, 9.17) is 9.26 Å². The summed E-state index contributed by atoms with van der Waals surface area (Å²) in [6, 6.07) is 16.8. The van der Waals surface area contributed by atoms with Gasteiger partial charge in [-0.25, -0.2) is 0 Å². The molecule has 3 rings (SSSR count). The summed E-state index contributed by atoms with van der Waals surface area (Å²) in [6.45, 7) is 1.93. The Labute approximate surface area is 161 Å². The minimum Gasteiger partial charge on any atom is -0.485 e. The van der Waals surface area contributed by atoms with Crippen molar-refractivity contribution in [3.8, 4) is 5.75 Å². The summed E-state index contributed by atoms with van der Waals surface area (Å²) in [5.41, 5.74) is 1.75. The van der Waals surface area contributed by atoms with Gasteiger partial charge in [0.1, 0.15) is 5.75 Å². The number of anilines is 1. The number of nitrogens with one attached hydrogen (secondary N) is 2. The maximum Gasteiger partial charge on any atom is 0.316 e. The molecule has 0 fully saturated rings. The third-order valence-corrected chi connectivity index (χ3v) is 3.73. The van der Waals surface area contributed by atoms with Gasteiger partial charge in [0.15, 0.2) is 6.61 Å². The van der Waals surface area contributed by atoms with Crippen molar-refractivity contribution in [2.45, 2.75) is 20.0 Å². The van der Waals surface area contributed by atoms with Crippen LogP contribution >= 0.6 is 0 Å². The van der Waals surface area contributed by atoms with Crippen molar-refractivity contribution < 1.29 is 18.8 Å². The Bertz CT molecular complexity index is 940. The van der Waals surface area contributed by atoms with Crippen LogP contribution in [0.15, 0.2) is 59.1 Å². The van der Waals surface area contributed by atoms with Gasteiger partial charge in [-0.1, -0.05) is 41.6 Å². The molecule has 28 heavy (non-hydrogen) atoms. The van der Waals surface area contributed by atoms with Crippen molar-refractivity contribution in [1.82, 2.24) is 15.5 Å². The highest BCUT2D eigenvalue weighted by molar-refractivity contribution is 5.89. The lowest BCUT2D eigenvalue weighted by Crippen LogP contribution is -2.26. The number of amides is 2. The maximum absolute atomic E-state index is 12.1. The molecule has 0 aliphatic rings. The fourth-order valence-electron chi connectivity index (χ4n) is 2.46. The summed E-state index contributed by atoms with van der Waals surface area (Å²) in [7, 11) is 0. The maximum atomic E-state index is 12.1.